The van der Waals surface area contributed by atoms with E-state index in [9.17, 15) is 0 Å². The van der Waals surface area contributed by atoms with Crippen molar-refractivity contribution in [2.75, 3.05) is 24.1 Å². The highest BCUT2D eigenvalue weighted by molar-refractivity contribution is 7.09. The Hall–Kier alpha value is -2.52. The van der Waals surface area contributed by atoms with Crippen LogP contribution >= 0.6 is 11.3 Å². The van der Waals surface area contributed by atoms with Gasteiger partial charge >= 0.3 is 0 Å². The first kappa shape index (κ1) is 16.9. The van der Waals surface area contributed by atoms with Gasteiger partial charge in [-0.15, -0.1) is 11.3 Å². The molecule has 0 amide bonds. The van der Waals surface area contributed by atoms with Crippen LogP contribution in [0.15, 0.2) is 30.2 Å². The monoisotopic (exact) mass is 370 g/mol. The van der Waals surface area contributed by atoms with Crippen LogP contribution in [-0.4, -0.2) is 48.8 Å². The lowest BCUT2D eigenvalue weighted by atomic mass is 10.1. The average molecular weight is 370 g/mol. The van der Waals surface area contributed by atoms with Crippen molar-refractivity contribution in [3.63, 3.8) is 0 Å². The molecule has 26 heavy (non-hydrogen) atoms. The lowest BCUT2D eigenvalue weighted by Gasteiger charge is -2.31. The topological polar surface area (TPSA) is 97.8 Å². The summed E-state index contributed by atoms with van der Waals surface area (Å²) < 4.78 is 1.64. The molecule has 3 aromatic heterocycles. The number of nitrogens with one attached hydrogen (secondary N) is 1. The zero-order chi connectivity index (χ0) is 17.9. The van der Waals surface area contributed by atoms with Gasteiger partial charge in [-0.1, -0.05) is 0 Å². The van der Waals surface area contributed by atoms with E-state index in [0.29, 0.717) is 17.8 Å². The summed E-state index contributed by atoms with van der Waals surface area (Å²) in [5.41, 5.74) is 9.56. The fourth-order valence-corrected chi connectivity index (χ4v) is 3.82. The van der Waals surface area contributed by atoms with Crippen molar-refractivity contribution in [3.05, 3.63) is 35.0 Å². The number of hydrogen-bond acceptors (Lipinski definition) is 8. The zero-order valence-electron chi connectivity index (χ0n) is 14.7. The largest absolute Gasteiger partial charge is 0.383 e. The third-order valence-corrected chi connectivity index (χ3v) is 5.46. The van der Waals surface area contributed by atoms with Crippen molar-refractivity contribution in [2.45, 2.75) is 25.4 Å². The Bertz CT molecular complexity index is 852. The number of nitrogen functional groups attached to an aromatic ring is 1. The Balaban J connectivity index is 1.36. The van der Waals surface area contributed by atoms with E-state index >= 15 is 0 Å². The van der Waals surface area contributed by atoms with E-state index in [2.05, 4.69) is 30.3 Å². The van der Waals surface area contributed by atoms with Crippen molar-refractivity contribution in [1.82, 2.24) is 29.6 Å². The van der Waals surface area contributed by atoms with Crippen LogP contribution in [0.5, 0.6) is 0 Å². The van der Waals surface area contributed by atoms with Crippen molar-refractivity contribution < 1.29 is 0 Å². The normalized spacial score (nSPS) is 16.0. The number of nitrogens with zero attached hydrogens (tertiary/aromatic N) is 6. The Labute approximate surface area is 156 Å². The summed E-state index contributed by atoms with van der Waals surface area (Å²) in [6.07, 6.45) is 7.59. The van der Waals surface area contributed by atoms with Crippen LogP contribution < -0.4 is 11.1 Å². The van der Waals surface area contributed by atoms with E-state index in [1.807, 2.05) is 24.8 Å². The molecule has 0 unspecified atom stereocenters. The summed E-state index contributed by atoms with van der Waals surface area (Å²) >= 11 is 1.72. The first-order valence-electron chi connectivity index (χ1n) is 8.66. The van der Waals surface area contributed by atoms with Crippen molar-refractivity contribution in [2.24, 2.45) is 7.05 Å². The molecule has 0 aromatic carbocycles. The second-order valence-electron chi connectivity index (χ2n) is 6.50. The van der Waals surface area contributed by atoms with Crippen LogP contribution in [-0.2, 0) is 13.6 Å². The third-order valence-electron chi connectivity index (χ3n) is 4.70. The zero-order valence-corrected chi connectivity index (χ0v) is 15.5. The van der Waals surface area contributed by atoms with Gasteiger partial charge in [-0.05, 0) is 18.9 Å². The van der Waals surface area contributed by atoms with Crippen LogP contribution in [0.3, 0.4) is 0 Å². The molecular weight excluding hydrogens is 348 g/mol. The van der Waals surface area contributed by atoms with Gasteiger partial charge in [-0.2, -0.15) is 5.10 Å². The summed E-state index contributed by atoms with van der Waals surface area (Å²) in [6, 6.07) is 2.24. The van der Waals surface area contributed by atoms with E-state index in [1.54, 1.807) is 28.4 Å². The minimum atomic E-state index is 0.384. The Kier molecular flexibility index (Phi) is 4.81. The van der Waals surface area contributed by atoms with Crippen LogP contribution in [0.2, 0.25) is 0 Å². The van der Waals surface area contributed by atoms with E-state index < -0.39 is 0 Å². The molecule has 3 N–H and O–H groups in total. The number of hydrogen-bond donors (Lipinski definition) is 2. The van der Waals surface area contributed by atoms with Crippen LogP contribution in [0.1, 0.15) is 17.7 Å². The quantitative estimate of drug-likeness (QED) is 0.709. The minimum Gasteiger partial charge on any atom is -0.383 e. The molecule has 1 fully saturated rings. The van der Waals surface area contributed by atoms with Gasteiger partial charge in [0.15, 0.2) is 0 Å². The highest BCUT2D eigenvalue weighted by Crippen LogP contribution is 2.24. The molecule has 1 aliphatic heterocycles. The molecule has 0 atom stereocenters. The molecule has 0 bridgehead atoms. The molecule has 136 valence electrons. The van der Waals surface area contributed by atoms with E-state index in [4.69, 9.17) is 5.73 Å². The second kappa shape index (κ2) is 7.38. The fraction of sp³-hybridized carbons (Fsp3) is 0.412. The van der Waals surface area contributed by atoms with Gasteiger partial charge in [-0.3, -0.25) is 14.6 Å². The predicted molar refractivity (Wildman–Crippen MR) is 103 cm³/mol. The molecule has 8 nitrogen and oxygen atoms in total. The third kappa shape index (κ3) is 3.68. The number of aromatic nitrogens is 5. The maximum Gasteiger partial charge on any atom is 0.223 e. The SMILES string of the molecule is Cn1ncc(-c2ccnc(NC3CCN(Cc4cncs4)CC3)n2)c1N. The van der Waals surface area contributed by atoms with Crippen LogP contribution in [0, 0.1) is 0 Å². The van der Waals surface area contributed by atoms with E-state index in [-0.39, 0.29) is 0 Å². The second-order valence-corrected chi connectivity index (χ2v) is 7.47. The first-order valence-corrected chi connectivity index (χ1v) is 9.54. The van der Waals surface area contributed by atoms with Crippen LogP contribution in [0.25, 0.3) is 11.3 Å². The molecule has 4 rings (SSSR count). The van der Waals surface area contributed by atoms with E-state index in [1.165, 1.54) is 4.88 Å². The summed E-state index contributed by atoms with van der Waals surface area (Å²) in [4.78, 5) is 16.9. The standard InChI is InChI=1S/C17H22N8S/c1-24-16(18)14(9-21-24)15-2-5-20-17(23-15)22-12-3-6-25(7-4-12)10-13-8-19-11-26-13/h2,5,8-9,11-12H,3-4,6-7,10,18H2,1H3,(H,20,22,23). The number of rotatable bonds is 5. The molecule has 0 saturated carbocycles. The maximum absolute atomic E-state index is 6.05. The van der Waals surface area contributed by atoms with Gasteiger partial charge in [0.05, 0.1) is 23.0 Å². The Morgan fingerprint density at radius 1 is 1.31 bits per heavy atom. The van der Waals surface area contributed by atoms with Gasteiger partial charge in [-0.25, -0.2) is 9.97 Å². The van der Waals surface area contributed by atoms with Gasteiger partial charge in [0.25, 0.3) is 0 Å². The summed E-state index contributed by atoms with van der Waals surface area (Å²) in [5, 5.41) is 7.65. The first-order chi connectivity index (χ1) is 12.7. The molecular formula is C17H22N8S. The number of likely N-dealkylation sites (tertiary alicyclic amines) is 1. The number of anilines is 2. The van der Waals surface area contributed by atoms with E-state index in [0.717, 1.165) is 43.7 Å². The molecule has 1 saturated heterocycles. The van der Waals surface area contributed by atoms with Crippen molar-refractivity contribution in [3.8, 4) is 11.3 Å². The fourth-order valence-electron chi connectivity index (χ4n) is 3.18. The maximum atomic E-state index is 6.05. The molecule has 0 spiro atoms. The number of nitrogens with two attached hydrogens (primary N) is 1. The highest BCUT2D eigenvalue weighted by Gasteiger charge is 2.20. The highest BCUT2D eigenvalue weighted by atomic mass is 32.1. The molecule has 1 aliphatic rings. The predicted octanol–water partition coefficient (Wildman–Crippen LogP) is 1.99. The van der Waals surface area contributed by atoms with Gasteiger partial charge in [0.1, 0.15) is 5.82 Å². The van der Waals surface area contributed by atoms with Gasteiger partial charge in [0, 0.05) is 50.0 Å². The number of aryl methyl sites for hydroxylation is 1. The summed E-state index contributed by atoms with van der Waals surface area (Å²) in [7, 11) is 1.82. The van der Waals surface area contributed by atoms with Crippen LogP contribution in [0.4, 0.5) is 11.8 Å². The van der Waals surface area contributed by atoms with Gasteiger partial charge < -0.3 is 11.1 Å². The molecule has 3 aromatic rings. The lowest BCUT2D eigenvalue weighted by Crippen LogP contribution is -2.38. The molecule has 4 heterocycles. The number of thiazole rings is 1. The van der Waals surface area contributed by atoms with Crippen molar-refractivity contribution in [1.29, 1.82) is 0 Å². The Morgan fingerprint density at radius 3 is 2.85 bits per heavy atom. The lowest BCUT2D eigenvalue weighted by molar-refractivity contribution is 0.212. The molecule has 9 heteroatoms. The molecule has 0 aliphatic carbocycles. The average Bonchev–Trinajstić information content (AvgIpc) is 3.28. The van der Waals surface area contributed by atoms with Gasteiger partial charge in [0.2, 0.25) is 5.95 Å². The summed E-state index contributed by atoms with van der Waals surface area (Å²) in [5.74, 6) is 1.25. The molecule has 0 radical (unpaired) electrons. The Morgan fingerprint density at radius 2 is 2.15 bits per heavy atom. The smallest absolute Gasteiger partial charge is 0.223 e. The number of piperidine rings is 1. The minimum absolute atomic E-state index is 0.384. The van der Waals surface area contributed by atoms with Crippen molar-refractivity contribution >= 4 is 23.1 Å². The summed E-state index contributed by atoms with van der Waals surface area (Å²) in [6.45, 7) is 3.11.